The molecule has 1 amide bonds. The van der Waals surface area contributed by atoms with E-state index in [0.29, 0.717) is 22.7 Å². The Hall–Kier alpha value is -3.52. The summed E-state index contributed by atoms with van der Waals surface area (Å²) in [6, 6.07) is 19.6. The molecule has 8 heteroatoms. The average molecular weight is 465 g/mol. The molecule has 1 N–H and O–H groups in total. The van der Waals surface area contributed by atoms with Gasteiger partial charge < -0.3 is 5.32 Å². The van der Waals surface area contributed by atoms with E-state index >= 15 is 0 Å². The quantitative estimate of drug-likeness (QED) is 0.371. The molecule has 0 aliphatic carbocycles. The summed E-state index contributed by atoms with van der Waals surface area (Å²) in [5.41, 5.74) is 3.36. The van der Waals surface area contributed by atoms with Crippen LogP contribution in [-0.4, -0.2) is 26.4 Å². The van der Waals surface area contributed by atoms with Gasteiger partial charge in [-0.05, 0) is 60.9 Å². The first-order chi connectivity index (χ1) is 16.0. The van der Waals surface area contributed by atoms with Gasteiger partial charge in [0.1, 0.15) is 18.0 Å². The van der Waals surface area contributed by atoms with Crippen molar-refractivity contribution in [2.24, 2.45) is 0 Å². The molecule has 0 fully saturated rings. The fraction of sp³-hybridized carbons (Fsp3) is 0.160. The zero-order valence-corrected chi connectivity index (χ0v) is 18.7. The highest BCUT2D eigenvalue weighted by molar-refractivity contribution is 7.99. The number of rotatable bonds is 8. The number of hydrogen-bond donors (Lipinski definition) is 1. The molecule has 5 nitrogen and oxygen atoms in total. The third-order valence-electron chi connectivity index (χ3n) is 5.08. The highest BCUT2D eigenvalue weighted by Gasteiger charge is 2.18. The number of amides is 1. The highest BCUT2D eigenvalue weighted by atomic mass is 32.2. The van der Waals surface area contributed by atoms with Crippen LogP contribution >= 0.6 is 11.8 Å². The minimum Gasteiger partial charge on any atom is -0.348 e. The van der Waals surface area contributed by atoms with Gasteiger partial charge in [-0.2, -0.15) is 0 Å². The summed E-state index contributed by atoms with van der Waals surface area (Å²) in [7, 11) is 0. The molecule has 168 valence electrons. The molecule has 4 aromatic rings. The Kier molecular flexibility index (Phi) is 7.14. The number of nitrogens with zero attached hydrogens (tertiary/aromatic N) is 3. The van der Waals surface area contributed by atoms with Crippen LogP contribution in [-0.2, 0) is 11.2 Å². The zero-order chi connectivity index (χ0) is 23.2. The standard InChI is InChI=1S/C25H22F2N4OS/c1-17-8-10-22(11-9-17)31-16-28-30-25(31)33-15-24(32)29-23(19-5-3-7-21(27)14-19)13-18-4-2-6-20(26)12-18/h2-12,14,16,23H,13,15H2,1H3,(H,29,32). The molecular weight excluding hydrogens is 442 g/mol. The van der Waals surface area contributed by atoms with E-state index in [-0.39, 0.29) is 17.5 Å². The zero-order valence-electron chi connectivity index (χ0n) is 17.9. The molecule has 0 bridgehead atoms. The molecule has 33 heavy (non-hydrogen) atoms. The molecule has 0 radical (unpaired) electrons. The van der Waals surface area contributed by atoms with E-state index in [9.17, 15) is 13.6 Å². The Labute approximate surface area is 194 Å². The number of hydrogen-bond acceptors (Lipinski definition) is 4. The predicted molar refractivity (Wildman–Crippen MR) is 124 cm³/mol. The van der Waals surface area contributed by atoms with E-state index in [1.54, 1.807) is 30.6 Å². The normalized spacial score (nSPS) is 11.8. The smallest absolute Gasteiger partial charge is 0.230 e. The minimum absolute atomic E-state index is 0.0967. The summed E-state index contributed by atoms with van der Waals surface area (Å²) in [6.07, 6.45) is 1.93. The number of aromatic nitrogens is 3. The molecule has 1 unspecified atom stereocenters. The molecule has 3 aromatic carbocycles. The number of halogens is 2. The van der Waals surface area contributed by atoms with Crippen LogP contribution in [0.2, 0.25) is 0 Å². The fourth-order valence-corrected chi connectivity index (χ4v) is 4.19. The van der Waals surface area contributed by atoms with Crippen LogP contribution in [0.15, 0.2) is 84.3 Å². The SMILES string of the molecule is Cc1ccc(-n2cnnc2SCC(=O)NC(Cc2cccc(F)c2)c2cccc(F)c2)cc1. The molecule has 0 aliphatic rings. The Balaban J connectivity index is 1.46. The van der Waals surface area contributed by atoms with Gasteiger partial charge in [0.05, 0.1) is 11.8 Å². The lowest BCUT2D eigenvalue weighted by molar-refractivity contribution is -0.119. The van der Waals surface area contributed by atoms with Crippen LogP contribution in [0.1, 0.15) is 22.7 Å². The molecule has 0 aliphatic heterocycles. The lowest BCUT2D eigenvalue weighted by atomic mass is 9.98. The van der Waals surface area contributed by atoms with Crippen molar-refractivity contribution >= 4 is 17.7 Å². The largest absolute Gasteiger partial charge is 0.348 e. The molecule has 0 saturated heterocycles. The van der Waals surface area contributed by atoms with Crippen LogP contribution in [0, 0.1) is 18.6 Å². The summed E-state index contributed by atoms with van der Waals surface area (Å²) in [6.45, 7) is 2.01. The lowest BCUT2D eigenvalue weighted by Crippen LogP contribution is -2.31. The highest BCUT2D eigenvalue weighted by Crippen LogP contribution is 2.23. The summed E-state index contributed by atoms with van der Waals surface area (Å²) >= 11 is 1.25. The van der Waals surface area contributed by atoms with E-state index in [4.69, 9.17) is 0 Å². The van der Waals surface area contributed by atoms with Crippen LogP contribution in [0.3, 0.4) is 0 Å². The molecule has 4 rings (SSSR count). The van der Waals surface area contributed by atoms with Crippen molar-refractivity contribution in [3.05, 3.63) is 107 Å². The Morgan fingerprint density at radius 2 is 1.76 bits per heavy atom. The fourth-order valence-electron chi connectivity index (χ4n) is 3.45. The number of benzene rings is 3. The Morgan fingerprint density at radius 3 is 2.48 bits per heavy atom. The van der Waals surface area contributed by atoms with Crippen LogP contribution in [0.25, 0.3) is 5.69 Å². The monoisotopic (exact) mass is 464 g/mol. The molecule has 0 saturated carbocycles. The lowest BCUT2D eigenvalue weighted by Gasteiger charge is -2.20. The summed E-state index contributed by atoms with van der Waals surface area (Å²) in [5, 5.41) is 11.6. The number of aryl methyl sites for hydroxylation is 1. The predicted octanol–water partition coefficient (Wildman–Crippen LogP) is 5.05. The summed E-state index contributed by atoms with van der Waals surface area (Å²) in [5.74, 6) is -0.905. The van der Waals surface area contributed by atoms with Gasteiger partial charge in [-0.1, -0.05) is 53.7 Å². The van der Waals surface area contributed by atoms with Crippen LogP contribution < -0.4 is 5.32 Å². The second kappa shape index (κ2) is 10.4. The number of carbonyl (C=O) groups excluding carboxylic acids is 1. The Bertz CT molecular complexity index is 1240. The number of carbonyl (C=O) groups is 1. The first-order valence-corrected chi connectivity index (χ1v) is 11.4. The van der Waals surface area contributed by atoms with Crippen molar-refractivity contribution in [2.45, 2.75) is 24.5 Å². The molecule has 1 heterocycles. The second-order valence-electron chi connectivity index (χ2n) is 7.62. The minimum atomic E-state index is -0.509. The number of nitrogens with one attached hydrogen (secondary N) is 1. The van der Waals surface area contributed by atoms with E-state index in [1.807, 2.05) is 35.8 Å². The topological polar surface area (TPSA) is 59.8 Å². The third-order valence-corrected chi connectivity index (χ3v) is 6.02. The van der Waals surface area contributed by atoms with E-state index in [2.05, 4.69) is 15.5 Å². The van der Waals surface area contributed by atoms with Crippen molar-refractivity contribution in [3.63, 3.8) is 0 Å². The first-order valence-electron chi connectivity index (χ1n) is 10.4. The summed E-state index contributed by atoms with van der Waals surface area (Å²) in [4.78, 5) is 12.8. The van der Waals surface area contributed by atoms with Gasteiger partial charge in [-0.25, -0.2) is 8.78 Å². The van der Waals surface area contributed by atoms with Crippen molar-refractivity contribution in [2.75, 3.05) is 5.75 Å². The maximum atomic E-state index is 13.8. The summed E-state index contributed by atoms with van der Waals surface area (Å²) < 4.78 is 29.3. The van der Waals surface area contributed by atoms with Gasteiger partial charge >= 0.3 is 0 Å². The van der Waals surface area contributed by atoms with Gasteiger partial charge in [0.25, 0.3) is 0 Å². The van der Waals surface area contributed by atoms with Gasteiger partial charge in [-0.15, -0.1) is 10.2 Å². The van der Waals surface area contributed by atoms with Gasteiger partial charge in [0, 0.05) is 5.69 Å². The maximum absolute atomic E-state index is 13.8. The average Bonchev–Trinajstić information content (AvgIpc) is 3.26. The Morgan fingerprint density at radius 1 is 1.03 bits per heavy atom. The molecule has 1 atom stereocenters. The van der Waals surface area contributed by atoms with Crippen molar-refractivity contribution in [1.82, 2.24) is 20.1 Å². The van der Waals surface area contributed by atoms with E-state index in [0.717, 1.165) is 11.3 Å². The van der Waals surface area contributed by atoms with Crippen molar-refractivity contribution < 1.29 is 13.6 Å². The van der Waals surface area contributed by atoms with E-state index in [1.165, 1.54) is 36.0 Å². The maximum Gasteiger partial charge on any atom is 0.230 e. The van der Waals surface area contributed by atoms with Crippen LogP contribution in [0.4, 0.5) is 8.78 Å². The van der Waals surface area contributed by atoms with Crippen molar-refractivity contribution in [1.29, 1.82) is 0 Å². The van der Waals surface area contributed by atoms with E-state index < -0.39 is 11.9 Å². The van der Waals surface area contributed by atoms with Gasteiger partial charge in [-0.3, -0.25) is 9.36 Å². The first kappa shape index (κ1) is 22.7. The molecule has 1 aromatic heterocycles. The van der Waals surface area contributed by atoms with Crippen molar-refractivity contribution in [3.8, 4) is 5.69 Å². The van der Waals surface area contributed by atoms with Gasteiger partial charge in [0.2, 0.25) is 5.91 Å². The van der Waals surface area contributed by atoms with Gasteiger partial charge in [0.15, 0.2) is 5.16 Å². The number of thioether (sulfide) groups is 1. The third kappa shape index (κ3) is 6.04. The second-order valence-corrected chi connectivity index (χ2v) is 8.56. The molecular formula is C25H22F2N4OS. The molecule has 0 spiro atoms. The van der Waals surface area contributed by atoms with Crippen LogP contribution in [0.5, 0.6) is 0 Å².